The quantitative estimate of drug-likeness (QED) is 0.834. The van der Waals surface area contributed by atoms with Crippen molar-refractivity contribution in [3.8, 4) is 0 Å². The zero-order chi connectivity index (χ0) is 12.6. The van der Waals surface area contributed by atoms with Gasteiger partial charge in [0, 0.05) is 37.4 Å². The summed E-state index contributed by atoms with van der Waals surface area (Å²) < 4.78 is 0. The van der Waals surface area contributed by atoms with Gasteiger partial charge in [0.25, 0.3) is 0 Å². The molecule has 1 saturated heterocycles. The lowest BCUT2D eigenvalue weighted by Gasteiger charge is -2.29. The van der Waals surface area contributed by atoms with Gasteiger partial charge in [0.2, 0.25) is 0 Å². The molecule has 0 aliphatic carbocycles. The summed E-state index contributed by atoms with van der Waals surface area (Å²) in [5, 5.41) is 3.60. The number of aromatic nitrogens is 1. The number of pyridine rings is 1. The topological polar surface area (TPSA) is 28.2 Å². The summed E-state index contributed by atoms with van der Waals surface area (Å²) in [6, 6.07) is 6.69. The van der Waals surface area contributed by atoms with Gasteiger partial charge >= 0.3 is 0 Å². The highest BCUT2D eigenvalue weighted by atomic mass is 15.1. The Bertz CT molecular complexity index is 320. The molecule has 0 radical (unpaired) electrons. The second-order valence-electron chi connectivity index (χ2n) is 5.29. The molecule has 18 heavy (non-hydrogen) atoms. The first-order valence-corrected chi connectivity index (χ1v) is 7.20. The van der Waals surface area contributed by atoms with E-state index < -0.39 is 0 Å². The molecule has 100 valence electrons. The molecule has 1 aromatic rings. The van der Waals surface area contributed by atoms with Gasteiger partial charge in [-0.25, -0.2) is 0 Å². The maximum absolute atomic E-state index is 4.34. The Morgan fingerprint density at radius 3 is 2.83 bits per heavy atom. The van der Waals surface area contributed by atoms with Crippen LogP contribution in [0.2, 0.25) is 0 Å². The van der Waals surface area contributed by atoms with Gasteiger partial charge < -0.3 is 10.2 Å². The number of nitrogens with one attached hydrogen (secondary N) is 1. The van der Waals surface area contributed by atoms with Gasteiger partial charge in [-0.1, -0.05) is 12.5 Å². The first kappa shape index (κ1) is 13.5. The zero-order valence-electron chi connectivity index (χ0n) is 11.4. The fraction of sp³-hybridized carbons (Fsp3) is 0.667. The van der Waals surface area contributed by atoms with Crippen LogP contribution >= 0.6 is 0 Å². The molecule has 0 bridgehead atoms. The fourth-order valence-corrected chi connectivity index (χ4v) is 2.59. The van der Waals surface area contributed by atoms with Gasteiger partial charge in [0.1, 0.15) is 0 Å². The van der Waals surface area contributed by atoms with Crippen LogP contribution in [0.1, 0.15) is 31.9 Å². The molecule has 2 heterocycles. The summed E-state index contributed by atoms with van der Waals surface area (Å²) >= 11 is 0. The number of rotatable bonds is 6. The van der Waals surface area contributed by atoms with E-state index in [2.05, 4.69) is 34.3 Å². The van der Waals surface area contributed by atoms with E-state index in [0.717, 1.165) is 13.0 Å². The van der Waals surface area contributed by atoms with E-state index in [-0.39, 0.29) is 0 Å². The molecule has 0 spiro atoms. The summed E-state index contributed by atoms with van der Waals surface area (Å²) in [5.74, 6) is 0. The van der Waals surface area contributed by atoms with E-state index in [1.165, 1.54) is 44.6 Å². The largest absolute Gasteiger partial charge is 0.313 e. The molecule has 0 aromatic carbocycles. The van der Waals surface area contributed by atoms with Gasteiger partial charge in [-0.15, -0.1) is 0 Å². The Morgan fingerprint density at radius 2 is 2.11 bits per heavy atom. The van der Waals surface area contributed by atoms with Crippen LogP contribution in [0.25, 0.3) is 0 Å². The van der Waals surface area contributed by atoms with Crippen LogP contribution in [-0.4, -0.2) is 42.1 Å². The fourth-order valence-electron chi connectivity index (χ4n) is 2.59. The van der Waals surface area contributed by atoms with Gasteiger partial charge in [-0.3, -0.25) is 4.98 Å². The maximum Gasteiger partial charge on any atom is 0.0416 e. The van der Waals surface area contributed by atoms with Crippen molar-refractivity contribution in [2.24, 2.45) is 0 Å². The lowest BCUT2D eigenvalue weighted by Crippen LogP contribution is -2.42. The molecule has 3 heteroatoms. The van der Waals surface area contributed by atoms with E-state index >= 15 is 0 Å². The van der Waals surface area contributed by atoms with Crippen LogP contribution in [0, 0.1) is 0 Å². The van der Waals surface area contributed by atoms with Crippen molar-refractivity contribution in [3.63, 3.8) is 0 Å². The standard InChI is InChI=1S/C15H25N3/c1-14(13-18-11-5-2-6-12-18)16-10-8-15-7-3-4-9-17-15/h3-4,7,9,14,16H,2,5-6,8,10-13H2,1H3. The van der Waals surface area contributed by atoms with Crippen LogP contribution in [0.4, 0.5) is 0 Å². The van der Waals surface area contributed by atoms with Crippen molar-refractivity contribution in [1.29, 1.82) is 0 Å². The summed E-state index contributed by atoms with van der Waals surface area (Å²) in [6.45, 7) is 7.06. The van der Waals surface area contributed by atoms with E-state index in [4.69, 9.17) is 0 Å². The van der Waals surface area contributed by atoms with E-state index in [1.807, 2.05) is 12.3 Å². The Balaban J connectivity index is 1.61. The lowest BCUT2D eigenvalue weighted by molar-refractivity contribution is 0.209. The summed E-state index contributed by atoms with van der Waals surface area (Å²) in [5.41, 5.74) is 1.18. The molecular weight excluding hydrogens is 222 g/mol. The number of likely N-dealkylation sites (tertiary alicyclic amines) is 1. The molecular formula is C15H25N3. The minimum Gasteiger partial charge on any atom is -0.313 e. The summed E-state index contributed by atoms with van der Waals surface area (Å²) in [7, 11) is 0. The minimum absolute atomic E-state index is 0.576. The van der Waals surface area contributed by atoms with Crippen LogP contribution in [0.15, 0.2) is 24.4 Å². The molecule has 1 fully saturated rings. The van der Waals surface area contributed by atoms with Crippen molar-refractivity contribution in [1.82, 2.24) is 15.2 Å². The molecule has 1 unspecified atom stereocenters. The second kappa shape index (κ2) is 7.49. The van der Waals surface area contributed by atoms with Crippen molar-refractivity contribution in [3.05, 3.63) is 30.1 Å². The lowest BCUT2D eigenvalue weighted by atomic mass is 10.1. The zero-order valence-corrected chi connectivity index (χ0v) is 11.4. The van der Waals surface area contributed by atoms with E-state index in [0.29, 0.717) is 6.04 Å². The Labute approximate surface area is 111 Å². The predicted molar refractivity (Wildman–Crippen MR) is 75.7 cm³/mol. The van der Waals surface area contributed by atoms with Gasteiger partial charge in [0.15, 0.2) is 0 Å². The molecule has 0 amide bonds. The molecule has 1 aliphatic heterocycles. The van der Waals surface area contributed by atoms with Gasteiger partial charge in [0.05, 0.1) is 0 Å². The number of hydrogen-bond donors (Lipinski definition) is 1. The monoisotopic (exact) mass is 247 g/mol. The first-order chi connectivity index (χ1) is 8.84. The highest BCUT2D eigenvalue weighted by Gasteiger charge is 2.12. The van der Waals surface area contributed by atoms with E-state index in [9.17, 15) is 0 Å². The molecule has 1 atom stereocenters. The van der Waals surface area contributed by atoms with Crippen molar-refractivity contribution in [2.45, 2.75) is 38.6 Å². The van der Waals surface area contributed by atoms with E-state index in [1.54, 1.807) is 0 Å². The predicted octanol–water partition coefficient (Wildman–Crippen LogP) is 2.09. The van der Waals surface area contributed by atoms with Crippen LogP contribution in [0.5, 0.6) is 0 Å². The molecule has 2 rings (SSSR count). The van der Waals surface area contributed by atoms with Crippen molar-refractivity contribution in [2.75, 3.05) is 26.2 Å². The normalized spacial score (nSPS) is 18.7. The molecule has 0 saturated carbocycles. The third-order valence-electron chi connectivity index (χ3n) is 3.58. The number of piperidine rings is 1. The smallest absolute Gasteiger partial charge is 0.0416 e. The highest BCUT2D eigenvalue weighted by molar-refractivity contribution is 5.03. The average molecular weight is 247 g/mol. The molecule has 1 aromatic heterocycles. The number of nitrogens with zero attached hydrogens (tertiary/aromatic N) is 2. The third kappa shape index (κ3) is 4.75. The highest BCUT2D eigenvalue weighted by Crippen LogP contribution is 2.08. The Kier molecular flexibility index (Phi) is 5.62. The minimum atomic E-state index is 0.576. The first-order valence-electron chi connectivity index (χ1n) is 7.20. The van der Waals surface area contributed by atoms with Crippen LogP contribution < -0.4 is 5.32 Å². The third-order valence-corrected chi connectivity index (χ3v) is 3.58. The molecule has 1 N–H and O–H groups in total. The van der Waals surface area contributed by atoms with Crippen molar-refractivity contribution >= 4 is 0 Å². The SMILES string of the molecule is CC(CN1CCCCC1)NCCc1ccccn1. The Hall–Kier alpha value is -0.930. The average Bonchev–Trinajstić information content (AvgIpc) is 2.41. The van der Waals surface area contributed by atoms with Crippen LogP contribution in [0.3, 0.4) is 0 Å². The maximum atomic E-state index is 4.34. The van der Waals surface area contributed by atoms with Crippen molar-refractivity contribution < 1.29 is 0 Å². The Morgan fingerprint density at radius 1 is 1.28 bits per heavy atom. The van der Waals surface area contributed by atoms with Gasteiger partial charge in [-0.2, -0.15) is 0 Å². The summed E-state index contributed by atoms with van der Waals surface area (Å²) in [4.78, 5) is 6.93. The van der Waals surface area contributed by atoms with Crippen LogP contribution in [-0.2, 0) is 6.42 Å². The molecule has 1 aliphatic rings. The summed E-state index contributed by atoms with van der Waals surface area (Å²) in [6.07, 6.45) is 7.05. The second-order valence-corrected chi connectivity index (χ2v) is 5.29. The molecule has 3 nitrogen and oxygen atoms in total. The van der Waals surface area contributed by atoms with Gasteiger partial charge in [-0.05, 0) is 45.0 Å². The number of hydrogen-bond acceptors (Lipinski definition) is 3.